The highest BCUT2D eigenvalue weighted by molar-refractivity contribution is 9.10. The molecule has 0 aliphatic rings. The highest BCUT2D eigenvalue weighted by atomic mass is 79.9. The van der Waals surface area contributed by atoms with Crippen molar-refractivity contribution >= 4 is 32.5 Å². The summed E-state index contributed by atoms with van der Waals surface area (Å²) in [6.07, 6.45) is 1.84. The molecule has 2 nitrogen and oxygen atoms in total. The first-order chi connectivity index (χ1) is 10.1. The standard InChI is InChI=1S/C18H17BrN2/c1-12-6-13(2)8-14(7-12)10-20-17-5-3-4-15-9-16(19)11-21-18(15)17/h3-9,11,20H,10H2,1-2H3. The topological polar surface area (TPSA) is 24.9 Å². The molecule has 0 saturated heterocycles. The summed E-state index contributed by atoms with van der Waals surface area (Å²) in [6, 6.07) is 14.9. The zero-order valence-corrected chi connectivity index (χ0v) is 13.7. The van der Waals surface area contributed by atoms with Crippen LogP contribution in [0.3, 0.4) is 0 Å². The van der Waals surface area contributed by atoms with Crippen LogP contribution in [0.2, 0.25) is 0 Å². The fraction of sp³-hybridized carbons (Fsp3) is 0.167. The number of aromatic nitrogens is 1. The van der Waals surface area contributed by atoms with Gasteiger partial charge < -0.3 is 5.32 Å². The first kappa shape index (κ1) is 14.1. The Bertz CT molecular complexity index is 776. The SMILES string of the molecule is Cc1cc(C)cc(CNc2cccc3cc(Br)cnc23)c1. The zero-order chi connectivity index (χ0) is 14.8. The molecule has 0 bridgehead atoms. The number of hydrogen-bond acceptors (Lipinski definition) is 2. The Balaban J connectivity index is 1.88. The summed E-state index contributed by atoms with van der Waals surface area (Å²) in [5, 5.41) is 4.63. The minimum Gasteiger partial charge on any atom is -0.379 e. The fourth-order valence-corrected chi connectivity index (χ4v) is 2.99. The van der Waals surface area contributed by atoms with Gasteiger partial charge in [-0.05, 0) is 47.5 Å². The Morgan fingerprint density at radius 1 is 1.05 bits per heavy atom. The van der Waals surface area contributed by atoms with Crippen LogP contribution in [-0.2, 0) is 6.54 Å². The largest absolute Gasteiger partial charge is 0.379 e. The monoisotopic (exact) mass is 340 g/mol. The van der Waals surface area contributed by atoms with Crippen molar-refractivity contribution in [2.24, 2.45) is 0 Å². The minimum atomic E-state index is 0.805. The molecule has 0 atom stereocenters. The van der Waals surface area contributed by atoms with Crippen molar-refractivity contribution in [2.45, 2.75) is 20.4 Å². The van der Waals surface area contributed by atoms with Crippen LogP contribution in [0.5, 0.6) is 0 Å². The summed E-state index contributed by atoms with van der Waals surface area (Å²) in [4.78, 5) is 4.52. The molecule has 0 saturated carbocycles. The molecule has 3 heteroatoms. The van der Waals surface area contributed by atoms with Crippen molar-refractivity contribution in [1.82, 2.24) is 4.98 Å². The molecule has 0 aliphatic heterocycles. The van der Waals surface area contributed by atoms with Crippen LogP contribution in [0, 0.1) is 13.8 Å². The number of nitrogens with zero attached hydrogens (tertiary/aromatic N) is 1. The molecule has 1 N–H and O–H groups in total. The van der Waals surface area contributed by atoms with Crippen molar-refractivity contribution in [3.05, 3.63) is 69.8 Å². The summed E-state index contributed by atoms with van der Waals surface area (Å²) >= 11 is 3.47. The van der Waals surface area contributed by atoms with Crippen LogP contribution in [0.4, 0.5) is 5.69 Å². The van der Waals surface area contributed by atoms with Gasteiger partial charge in [-0.25, -0.2) is 0 Å². The van der Waals surface area contributed by atoms with E-state index in [-0.39, 0.29) is 0 Å². The molecule has 3 rings (SSSR count). The van der Waals surface area contributed by atoms with Gasteiger partial charge in [-0.15, -0.1) is 0 Å². The zero-order valence-electron chi connectivity index (χ0n) is 12.2. The van der Waals surface area contributed by atoms with Crippen LogP contribution in [-0.4, -0.2) is 4.98 Å². The summed E-state index contributed by atoms with van der Waals surface area (Å²) in [5.41, 5.74) is 5.96. The number of halogens is 1. The van der Waals surface area contributed by atoms with Gasteiger partial charge in [0.05, 0.1) is 11.2 Å². The van der Waals surface area contributed by atoms with Gasteiger partial charge in [0, 0.05) is 22.6 Å². The van der Waals surface area contributed by atoms with E-state index in [0.717, 1.165) is 27.6 Å². The van der Waals surface area contributed by atoms with E-state index < -0.39 is 0 Å². The van der Waals surface area contributed by atoms with Gasteiger partial charge in [-0.2, -0.15) is 0 Å². The molecule has 0 amide bonds. The molecule has 0 unspecified atom stereocenters. The predicted octanol–water partition coefficient (Wildman–Crippen LogP) is 5.23. The van der Waals surface area contributed by atoms with Gasteiger partial charge in [0.25, 0.3) is 0 Å². The molecule has 106 valence electrons. The predicted molar refractivity (Wildman–Crippen MR) is 92.7 cm³/mol. The Morgan fingerprint density at radius 2 is 1.81 bits per heavy atom. The molecule has 2 aromatic carbocycles. The molecular weight excluding hydrogens is 324 g/mol. The lowest BCUT2D eigenvalue weighted by molar-refractivity contribution is 1.13. The normalized spacial score (nSPS) is 10.8. The van der Waals surface area contributed by atoms with Crippen molar-refractivity contribution in [3.63, 3.8) is 0 Å². The van der Waals surface area contributed by atoms with Gasteiger partial charge in [-0.3, -0.25) is 4.98 Å². The van der Waals surface area contributed by atoms with Crippen LogP contribution in [0.15, 0.2) is 53.1 Å². The third kappa shape index (κ3) is 3.24. The average Bonchev–Trinajstić information content (AvgIpc) is 2.43. The van der Waals surface area contributed by atoms with Crippen molar-refractivity contribution < 1.29 is 0 Å². The molecule has 21 heavy (non-hydrogen) atoms. The second kappa shape index (κ2) is 5.86. The number of hydrogen-bond donors (Lipinski definition) is 1. The van der Waals surface area contributed by atoms with Crippen LogP contribution >= 0.6 is 15.9 Å². The first-order valence-electron chi connectivity index (χ1n) is 6.97. The molecule has 0 fully saturated rings. The van der Waals surface area contributed by atoms with E-state index in [4.69, 9.17) is 0 Å². The number of aryl methyl sites for hydroxylation is 2. The van der Waals surface area contributed by atoms with E-state index in [0.29, 0.717) is 0 Å². The highest BCUT2D eigenvalue weighted by Crippen LogP contribution is 2.24. The summed E-state index contributed by atoms with van der Waals surface area (Å²) in [7, 11) is 0. The maximum atomic E-state index is 4.52. The number of fused-ring (bicyclic) bond motifs is 1. The van der Waals surface area contributed by atoms with Gasteiger partial charge in [-0.1, -0.05) is 41.5 Å². The van der Waals surface area contributed by atoms with Crippen molar-refractivity contribution in [2.75, 3.05) is 5.32 Å². The lowest BCUT2D eigenvalue weighted by atomic mass is 10.1. The van der Waals surface area contributed by atoms with Gasteiger partial charge in [0.15, 0.2) is 0 Å². The van der Waals surface area contributed by atoms with E-state index in [1.54, 1.807) is 0 Å². The smallest absolute Gasteiger partial charge is 0.0934 e. The van der Waals surface area contributed by atoms with Crippen LogP contribution in [0.1, 0.15) is 16.7 Å². The number of nitrogens with one attached hydrogen (secondary N) is 1. The molecular formula is C18H17BrN2. The van der Waals surface area contributed by atoms with E-state index in [2.05, 4.69) is 82.5 Å². The summed E-state index contributed by atoms with van der Waals surface area (Å²) < 4.78 is 1.00. The highest BCUT2D eigenvalue weighted by Gasteiger charge is 2.03. The van der Waals surface area contributed by atoms with E-state index in [1.807, 2.05) is 6.20 Å². The Kier molecular flexibility index (Phi) is 3.93. The molecule has 0 spiro atoms. The fourth-order valence-electron chi connectivity index (χ4n) is 2.64. The maximum absolute atomic E-state index is 4.52. The Labute approximate surface area is 133 Å². The van der Waals surface area contributed by atoms with Crippen molar-refractivity contribution in [3.8, 4) is 0 Å². The number of benzene rings is 2. The lowest BCUT2D eigenvalue weighted by Gasteiger charge is -2.10. The minimum absolute atomic E-state index is 0.805. The maximum Gasteiger partial charge on any atom is 0.0934 e. The number of para-hydroxylation sites is 1. The van der Waals surface area contributed by atoms with Crippen LogP contribution in [0.25, 0.3) is 10.9 Å². The van der Waals surface area contributed by atoms with E-state index in [1.165, 1.54) is 16.7 Å². The molecule has 1 heterocycles. The van der Waals surface area contributed by atoms with Gasteiger partial charge in [0.2, 0.25) is 0 Å². The Morgan fingerprint density at radius 3 is 2.57 bits per heavy atom. The van der Waals surface area contributed by atoms with Crippen molar-refractivity contribution in [1.29, 1.82) is 0 Å². The van der Waals surface area contributed by atoms with Crippen LogP contribution < -0.4 is 5.32 Å². The average molecular weight is 341 g/mol. The third-order valence-electron chi connectivity index (χ3n) is 3.44. The molecule has 3 aromatic rings. The second-order valence-electron chi connectivity index (χ2n) is 5.38. The summed E-state index contributed by atoms with van der Waals surface area (Å²) in [6.45, 7) is 5.07. The third-order valence-corrected chi connectivity index (χ3v) is 3.88. The summed E-state index contributed by atoms with van der Waals surface area (Å²) in [5.74, 6) is 0. The van der Waals surface area contributed by atoms with E-state index >= 15 is 0 Å². The molecule has 1 aromatic heterocycles. The Hall–Kier alpha value is -1.87. The number of anilines is 1. The van der Waals surface area contributed by atoms with E-state index in [9.17, 15) is 0 Å². The number of pyridine rings is 1. The molecule has 0 radical (unpaired) electrons. The molecule has 0 aliphatic carbocycles. The van der Waals surface area contributed by atoms with Gasteiger partial charge in [0.1, 0.15) is 0 Å². The number of rotatable bonds is 3. The quantitative estimate of drug-likeness (QED) is 0.706. The lowest BCUT2D eigenvalue weighted by Crippen LogP contribution is -2.01. The second-order valence-corrected chi connectivity index (χ2v) is 6.30. The first-order valence-corrected chi connectivity index (χ1v) is 7.76. The van der Waals surface area contributed by atoms with Gasteiger partial charge >= 0.3 is 0 Å².